The van der Waals surface area contributed by atoms with Crippen LogP contribution in [0.1, 0.15) is 53.4 Å². The molecule has 2 aromatic carbocycles. The second-order valence-corrected chi connectivity index (χ2v) is 8.12. The van der Waals surface area contributed by atoms with E-state index < -0.39 is 11.6 Å². The molecule has 0 saturated carbocycles. The topological polar surface area (TPSA) is 75.6 Å². The zero-order chi connectivity index (χ0) is 22.9. The van der Waals surface area contributed by atoms with E-state index in [-0.39, 0.29) is 11.9 Å². The Morgan fingerprint density at radius 2 is 1.97 bits per heavy atom. The quantitative estimate of drug-likeness (QED) is 0.441. The summed E-state index contributed by atoms with van der Waals surface area (Å²) in [6.07, 6.45) is 4.73. The number of H-pyrrole nitrogens is 1. The van der Waals surface area contributed by atoms with E-state index in [9.17, 15) is 13.6 Å². The van der Waals surface area contributed by atoms with Gasteiger partial charge in [-0.05, 0) is 43.4 Å². The molecule has 8 heteroatoms. The van der Waals surface area contributed by atoms with Crippen molar-refractivity contribution >= 4 is 5.91 Å². The molecule has 33 heavy (non-hydrogen) atoms. The average Bonchev–Trinajstić information content (AvgIpc) is 3.57. The fourth-order valence-corrected chi connectivity index (χ4v) is 4.32. The van der Waals surface area contributed by atoms with Crippen molar-refractivity contribution in [3.8, 4) is 16.9 Å². The van der Waals surface area contributed by atoms with E-state index in [1.165, 1.54) is 6.07 Å². The van der Waals surface area contributed by atoms with Crippen LogP contribution in [0.4, 0.5) is 8.78 Å². The maximum absolute atomic E-state index is 13.8. The SMILES string of the molecule is CCC(NC(=O)c1nn(-c2ccc(F)c(F)c2)c2c1CCC2)c1ncc(-c2ccccc2)[nH]1. The summed E-state index contributed by atoms with van der Waals surface area (Å²) in [5.41, 5.74) is 4.33. The van der Waals surface area contributed by atoms with E-state index in [1.807, 2.05) is 37.3 Å². The Balaban J connectivity index is 1.42. The number of nitrogens with one attached hydrogen (secondary N) is 2. The number of imidazole rings is 1. The molecule has 0 aliphatic heterocycles. The molecule has 5 rings (SSSR count). The first-order chi connectivity index (χ1) is 16.0. The second kappa shape index (κ2) is 8.61. The summed E-state index contributed by atoms with van der Waals surface area (Å²) in [7, 11) is 0. The lowest BCUT2D eigenvalue weighted by Gasteiger charge is -2.14. The highest BCUT2D eigenvalue weighted by Gasteiger charge is 2.29. The summed E-state index contributed by atoms with van der Waals surface area (Å²) in [5.74, 6) is -1.50. The number of carbonyl (C=O) groups is 1. The van der Waals surface area contributed by atoms with Crippen LogP contribution in [0.5, 0.6) is 0 Å². The average molecular weight is 447 g/mol. The van der Waals surface area contributed by atoms with Crippen molar-refractivity contribution in [3.63, 3.8) is 0 Å². The van der Waals surface area contributed by atoms with Gasteiger partial charge in [0.2, 0.25) is 0 Å². The minimum Gasteiger partial charge on any atom is -0.341 e. The molecule has 1 atom stereocenters. The first-order valence-corrected chi connectivity index (χ1v) is 11.0. The zero-order valence-corrected chi connectivity index (χ0v) is 18.1. The van der Waals surface area contributed by atoms with Gasteiger partial charge in [-0.15, -0.1) is 0 Å². The predicted molar refractivity (Wildman–Crippen MR) is 120 cm³/mol. The molecule has 0 fully saturated rings. The number of carbonyl (C=O) groups excluding carboxylic acids is 1. The summed E-state index contributed by atoms with van der Waals surface area (Å²) in [4.78, 5) is 21.0. The third-order valence-corrected chi connectivity index (χ3v) is 6.02. The van der Waals surface area contributed by atoms with Crippen LogP contribution in [-0.4, -0.2) is 25.7 Å². The van der Waals surface area contributed by atoms with E-state index in [2.05, 4.69) is 20.4 Å². The van der Waals surface area contributed by atoms with E-state index in [0.717, 1.165) is 53.9 Å². The highest BCUT2D eigenvalue weighted by atomic mass is 19.2. The van der Waals surface area contributed by atoms with Gasteiger partial charge in [0.1, 0.15) is 5.82 Å². The number of aromatic nitrogens is 4. The van der Waals surface area contributed by atoms with Crippen LogP contribution >= 0.6 is 0 Å². The fourth-order valence-electron chi connectivity index (χ4n) is 4.32. The summed E-state index contributed by atoms with van der Waals surface area (Å²) < 4.78 is 28.8. The molecule has 4 aromatic rings. The monoisotopic (exact) mass is 447 g/mol. The molecule has 0 saturated heterocycles. The van der Waals surface area contributed by atoms with Crippen molar-refractivity contribution in [3.05, 3.63) is 89.1 Å². The molecule has 2 heterocycles. The molecule has 0 radical (unpaired) electrons. The van der Waals surface area contributed by atoms with E-state index >= 15 is 0 Å². The number of hydrogen-bond donors (Lipinski definition) is 2. The highest BCUT2D eigenvalue weighted by Crippen LogP contribution is 2.29. The lowest BCUT2D eigenvalue weighted by atomic mass is 10.1. The van der Waals surface area contributed by atoms with Gasteiger partial charge >= 0.3 is 0 Å². The van der Waals surface area contributed by atoms with Crippen LogP contribution in [0.2, 0.25) is 0 Å². The van der Waals surface area contributed by atoms with Gasteiger partial charge in [0.25, 0.3) is 5.91 Å². The van der Waals surface area contributed by atoms with Crippen molar-refractivity contribution in [2.45, 2.75) is 38.6 Å². The third kappa shape index (κ3) is 3.92. The van der Waals surface area contributed by atoms with Crippen LogP contribution in [0, 0.1) is 11.6 Å². The van der Waals surface area contributed by atoms with Gasteiger partial charge in [-0.3, -0.25) is 4.79 Å². The standard InChI is InChI=1S/C25H23F2N5O/c1-2-20(24-28-14-21(29-24)15-7-4-3-5-8-15)30-25(33)23-17-9-6-10-22(17)32(31-23)16-11-12-18(26)19(27)13-16/h3-5,7-8,11-14,20H,2,6,9-10H2,1H3,(H,28,29)(H,30,33). The van der Waals surface area contributed by atoms with Crippen molar-refractivity contribution in [2.24, 2.45) is 0 Å². The Morgan fingerprint density at radius 3 is 2.73 bits per heavy atom. The molecule has 2 aromatic heterocycles. The summed E-state index contributed by atoms with van der Waals surface area (Å²) >= 11 is 0. The molecule has 1 aliphatic rings. The van der Waals surface area contributed by atoms with Crippen LogP contribution in [-0.2, 0) is 12.8 Å². The minimum absolute atomic E-state index is 0.306. The molecular formula is C25H23F2N5O. The number of aromatic amines is 1. The van der Waals surface area contributed by atoms with Crippen molar-refractivity contribution in [2.75, 3.05) is 0 Å². The van der Waals surface area contributed by atoms with Crippen LogP contribution in [0.3, 0.4) is 0 Å². The lowest BCUT2D eigenvalue weighted by Crippen LogP contribution is -2.30. The van der Waals surface area contributed by atoms with Crippen LogP contribution in [0.25, 0.3) is 16.9 Å². The van der Waals surface area contributed by atoms with Crippen LogP contribution < -0.4 is 5.32 Å². The predicted octanol–water partition coefficient (Wildman–Crippen LogP) is 4.91. The Morgan fingerprint density at radius 1 is 1.15 bits per heavy atom. The maximum atomic E-state index is 13.8. The molecule has 0 bridgehead atoms. The molecule has 6 nitrogen and oxygen atoms in total. The van der Waals surface area contributed by atoms with Crippen molar-refractivity contribution in [1.29, 1.82) is 0 Å². The number of hydrogen-bond acceptors (Lipinski definition) is 3. The van der Waals surface area contributed by atoms with Gasteiger partial charge in [0, 0.05) is 17.3 Å². The second-order valence-electron chi connectivity index (χ2n) is 8.12. The molecular weight excluding hydrogens is 424 g/mol. The van der Waals surface area contributed by atoms with Gasteiger partial charge < -0.3 is 10.3 Å². The van der Waals surface area contributed by atoms with Crippen molar-refractivity contribution in [1.82, 2.24) is 25.1 Å². The van der Waals surface area contributed by atoms with E-state index in [0.29, 0.717) is 23.6 Å². The minimum atomic E-state index is -0.946. The normalized spacial score (nSPS) is 13.7. The molecule has 1 amide bonds. The number of fused-ring (bicyclic) bond motifs is 1. The van der Waals surface area contributed by atoms with Gasteiger partial charge in [-0.2, -0.15) is 5.10 Å². The molecule has 1 unspecified atom stereocenters. The van der Waals surface area contributed by atoms with Gasteiger partial charge in [-0.1, -0.05) is 37.3 Å². The summed E-state index contributed by atoms with van der Waals surface area (Å²) in [6.45, 7) is 1.97. The van der Waals surface area contributed by atoms with Crippen LogP contribution in [0.15, 0.2) is 54.7 Å². The zero-order valence-electron chi connectivity index (χ0n) is 18.1. The molecule has 1 aliphatic carbocycles. The number of nitrogens with zero attached hydrogens (tertiary/aromatic N) is 3. The Kier molecular flexibility index (Phi) is 5.50. The number of halogens is 2. The summed E-state index contributed by atoms with van der Waals surface area (Å²) in [5, 5.41) is 7.53. The first kappa shape index (κ1) is 21.1. The largest absolute Gasteiger partial charge is 0.341 e. The Bertz CT molecular complexity index is 1310. The van der Waals surface area contributed by atoms with Gasteiger partial charge in [0.15, 0.2) is 17.3 Å². The molecule has 168 valence electrons. The molecule has 2 N–H and O–H groups in total. The smallest absolute Gasteiger partial charge is 0.272 e. The van der Waals surface area contributed by atoms with E-state index in [4.69, 9.17) is 0 Å². The van der Waals surface area contributed by atoms with Crippen molar-refractivity contribution < 1.29 is 13.6 Å². The maximum Gasteiger partial charge on any atom is 0.272 e. The Labute approximate surface area is 189 Å². The molecule has 0 spiro atoms. The first-order valence-electron chi connectivity index (χ1n) is 11.0. The number of amides is 1. The van der Waals surface area contributed by atoms with Gasteiger partial charge in [-0.25, -0.2) is 18.4 Å². The van der Waals surface area contributed by atoms with E-state index in [1.54, 1.807) is 10.9 Å². The highest BCUT2D eigenvalue weighted by molar-refractivity contribution is 5.94. The summed E-state index contributed by atoms with van der Waals surface area (Å²) in [6, 6.07) is 13.2. The Hall–Kier alpha value is -3.81. The van der Waals surface area contributed by atoms with Gasteiger partial charge in [0.05, 0.1) is 23.6 Å². The fraction of sp³-hybridized carbons (Fsp3) is 0.240. The number of rotatable bonds is 6. The number of benzene rings is 2. The lowest BCUT2D eigenvalue weighted by molar-refractivity contribution is 0.0927. The third-order valence-electron chi connectivity index (χ3n) is 6.02.